The first-order valence-electron chi connectivity index (χ1n) is 34.0. The summed E-state index contributed by atoms with van der Waals surface area (Å²) < 4.78 is 48.1. The molecule has 0 heterocycles. The van der Waals surface area contributed by atoms with E-state index in [0.29, 0.717) is 26.4 Å². The fourth-order valence-corrected chi connectivity index (χ4v) is 10.4. The second-order valence-electron chi connectivity index (χ2n) is 22.8. The Morgan fingerprint density at radius 3 is 0.797 bits per heavy atom. The minimum Gasteiger partial charge on any atom is -0.494 e. The lowest BCUT2D eigenvalue weighted by Crippen LogP contribution is -2.19. The number of allylic oxidation sites excluding steroid dienone is 2. The summed E-state index contributed by atoms with van der Waals surface area (Å²) in [6.45, 7) is 16.4. The van der Waals surface area contributed by atoms with Crippen LogP contribution in [0.2, 0.25) is 0 Å². The van der Waals surface area contributed by atoms with Gasteiger partial charge in [0.2, 0.25) is 0 Å². The fourth-order valence-electron chi connectivity index (χ4n) is 10.4. The van der Waals surface area contributed by atoms with Crippen molar-refractivity contribution in [1.29, 1.82) is 0 Å². The molecule has 79 heavy (non-hydrogen) atoms. The van der Waals surface area contributed by atoms with Crippen molar-refractivity contribution in [2.75, 3.05) is 40.0 Å². The largest absolute Gasteiger partial charge is 0.494 e. The van der Waals surface area contributed by atoms with Crippen molar-refractivity contribution in [2.24, 2.45) is 0 Å². The van der Waals surface area contributed by atoms with Crippen molar-refractivity contribution in [3.63, 3.8) is 0 Å². The Hall–Kier alpha value is -3.00. The molecule has 0 saturated carbocycles. The molecule has 0 spiro atoms. The van der Waals surface area contributed by atoms with Crippen LogP contribution >= 0.6 is 0 Å². The van der Waals surface area contributed by atoms with Crippen LogP contribution in [0.5, 0.6) is 0 Å². The summed E-state index contributed by atoms with van der Waals surface area (Å²) in [5, 5.41) is 0. The lowest BCUT2D eigenvalue weighted by Gasteiger charge is -2.27. The van der Waals surface area contributed by atoms with Gasteiger partial charge < -0.3 is 33.2 Å². The average molecular weight is 1100 g/mol. The Morgan fingerprint density at radius 1 is 0.278 bits per heavy atom. The van der Waals surface area contributed by atoms with Crippen LogP contribution in [0, 0.1) is 0 Å². The van der Waals surface area contributed by atoms with Gasteiger partial charge in [0.1, 0.15) is 23.7 Å². The van der Waals surface area contributed by atoms with Gasteiger partial charge in [0.25, 0.3) is 0 Å². The highest BCUT2D eigenvalue weighted by atomic mass is 16.7. The van der Waals surface area contributed by atoms with E-state index in [0.717, 1.165) is 98.4 Å². The van der Waals surface area contributed by atoms with Crippen LogP contribution < -0.4 is 0 Å². The van der Waals surface area contributed by atoms with E-state index in [4.69, 9.17) is 33.2 Å². The number of benzene rings is 2. The molecule has 2 rings (SSSR count). The summed E-state index contributed by atoms with van der Waals surface area (Å²) >= 11 is 0. The molecule has 7 nitrogen and oxygen atoms in total. The number of unbranched alkanes of at least 4 members (excludes halogenated alkanes) is 34. The summed E-state index contributed by atoms with van der Waals surface area (Å²) in [6, 6.07) is 21.1. The summed E-state index contributed by atoms with van der Waals surface area (Å²) in [5.74, 6) is 3.51. The third-order valence-electron chi connectivity index (χ3n) is 15.4. The highest BCUT2D eigenvalue weighted by Gasteiger charge is 2.27. The van der Waals surface area contributed by atoms with Gasteiger partial charge in [-0.15, -0.1) is 0 Å². The lowest BCUT2D eigenvalue weighted by molar-refractivity contribution is -0.168. The van der Waals surface area contributed by atoms with Crippen molar-refractivity contribution in [2.45, 2.75) is 323 Å². The number of hydrogen-bond donors (Lipinski definition) is 0. The SMILES string of the molecule is CCCCCCCCCCC(OCCCCCCCC)=C(OCCCCCCCC)C(OCOCOC(C(OCCCCCCCC)=C(CCCCCCCCCC)OCCCCCCCC)c1ccccc1)c1ccccc1. The van der Waals surface area contributed by atoms with E-state index < -0.39 is 12.2 Å². The Kier molecular flexibility index (Phi) is 50.7. The minimum absolute atomic E-state index is 0.0186. The molecule has 0 aliphatic rings. The van der Waals surface area contributed by atoms with E-state index in [2.05, 4.69) is 102 Å². The van der Waals surface area contributed by atoms with Crippen LogP contribution in [-0.4, -0.2) is 40.0 Å². The van der Waals surface area contributed by atoms with E-state index in [1.54, 1.807) is 0 Å². The third kappa shape index (κ3) is 39.2. The molecule has 0 N–H and O–H groups in total. The molecule has 0 amide bonds. The van der Waals surface area contributed by atoms with Crippen molar-refractivity contribution >= 4 is 0 Å². The molecule has 0 radical (unpaired) electrons. The highest BCUT2D eigenvalue weighted by Crippen LogP contribution is 2.35. The molecule has 2 atom stereocenters. The van der Waals surface area contributed by atoms with Gasteiger partial charge in [-0.1, -0.05) is 321 Å². The Bertz CT molecular complexity index is 1510. The molecule has 0 aliphatic heterocycles. The van der Waals surface area contributed by atoms with Crippen molar-refractivity contribution in [1.82, 2.24) is 0 Å². The predicted octanol–water partition coefficient (Wildman–Crippen LogP) is 23.4. The predicted molar refractivity (Wildman–Crippen MR) is 337 cm³/mol. The molecule has 2 aromatic carbocycles. The monoisotopic (exact) mass is 1100 g/mol. The molecule has 2 aromatic rings. The van der Waals surface area contributed by atoms with Gasteiger partial charge in [-0.2, -0.15) is 0 Å². The minimum atomic E-state index is -0.496. The summed E-state index contributed by atoms with van der Waals surface area (Å²) in [6.07, 6.45) is 49.9. The zero-order valence-corrected chi connectivity index (χ0v) is 52.7. The quantitative estimate of drug-likeness (QED) is 0.0371. The third-order valence-corrected chi connectivity index (χ3v) is 15.4. The average Bonchev–Trinajstić information content (AvgIpc) is 3.48. The molecular weight excluding hydrogens is 977 g/mol. The van der Waals surface area contributed by atoms with Crippen LogP contribution in [0.4, 0.5) is 0 Å². The van der Waals surface area contributed by atoms with E-state index in [1.165, 1.54) is 205 Å². The normalized spacial score (nSPS) is 13.0. The molecule has 0 aliphatic carbocycles. The molecule has 0 saturated heterocycles. The van der Waals surface area contributed by atoms with Gasteiger partial charge in [-0.25, -0.2) is 0 Å². The highest BCUT2D eigenvalue weighted by molar-refractivity contribution is 5.27. The maximum absolute atomic E-state index is 6.99. The van der Waals surface area contributed by atoms with Crippen molar-refractivity contribution in [3.8, 4) is 0 Å². The van der Waals surface area contributed by atoms with Gasteiger partial charge in [0.05, 0.1) is 26.4 Å². The summed E-state index contributed by atoms with van der Waals surface area (Å²) in [4.78, 5) is 0. The van der Waals surface area contributed by atoms with Crippen LogP contribution in [0.1, 0.15) is 335 Å². The first-order valence-corrected chi connectivity index (χ1v) is 34.0. The number of rotatable bonds is 60. The number of hydrogen-bond acceptors (Lipinski definition) is 7. The van der Waals surface area contributed by atoms with E-state index in [9.17, 15) is 0 Å². The number of ether oxygens (including phenoxy) is 7. The van der Waals surface area contributed by atoms with E-state index >= 15 is 0 Å². The van der Waals surface area contributed by atoms with Crippen molar-refractivity contribution < 1.29 is 33.2 Å². The topological polar surface area (TPSA) is 64.6 Å². The van der Waals surface area contributed by atoms with Crippen LogP contribution in [-0.2, 0) is 33.2 Å². The van der Waals surface area contributed by atoms with Crippen LogP contribution in [0.25, 0.3) is 0 Å². The van der Waals surface area contributed by atoms with E-state index in [1.807, 2.05) is 0 Å². The maximum atomic E-state index is 6.99. The molecule has 7 heteroatoms. The van der Waals surface area contributed by atoms with Crippen LogP contribution in [0.15, 0.2) is 83.7 Å². The molecular formula is C72H126O7. The smallest absolute Gasteiger partial charge is 0.167 e. The fraction of sp³-hybridized carbons (Fsp3) is 0.778. The van der Waals surface area contributed by atoms with Gasteiger partial charge in [0, 0.05) is 12.8 Å². The van der Waals surface area contributed by atoms with Gasteiger partial charge in [-0.05, 0) is 49.7 Å². The van der Waals surface area contributed by atoms with Gasteiger partial charge in [-0.3, -0.25) is 0 Å². The van der Waals surface area contributed by atoms with Crippen molar-refractivity contribution in [3.05, 3.63) is 94.8 Å². The Labute approximate surface area is 489 Å². The van der Waals surface area contributed by atoms with E-state index in [-0.39, 0.29) is 13.6 Å². The Morgan fingerprint density at radius 2 is 0.519 bits per heavy atom. The molecule has 0 fully saturated rings. The summed E-state index contributed by atoms with van der Waals surface area (Å²) in [7, 11) is 0. The van der Waals surface area contributed by atoms with Crippen LogP contribution in [0.3, 0.4) is 0 Å². The zero-order chi connectivity index (χ0) is 56.6. The standard InChI is InChI=1S/C72H126O7/c1-7-13-19-25-31-33-35-47-57-67(74-59-49-37-27-21-15-9-3)71(76-61-51-39-29-23-17-11-5)69(65-53-43-41-44-54-65)78-63-73-64-79-70(66-55-45-42-46-56-66)72(77-62-52-40-30-24-18-12-6)68(75-60-50-38-28-22-16-10-4)58-48-36-34-32-26-20-14-8-2/h41-46,53-56,69-70H,7-40,47-52,57-64H2,1-6H3. The second-order valence-corrected chi connectivity index (χ2v) is 22.8. The first kappa shape index (κ1) is 72.1. The van der Waals surface area contributed by atoms with Gasteiger partial charge >= 0.3 is 0 Å². The maximum Gasteiger partial charge on any atom is 0.167 e. The molecule has 2 unspecified atom stereocenters. The lowest BCUT2D eigenvalue weighted by atomic mass is 10.0. The summed E-state index contributed by atoms with van der Waals surface area (Å²) in [5.41, 5.74) is 2.07. The second kappa shape index (κ2) is 55.5. The molecule has 456 valence electrons. The first-order chi connectivity index (χ1) is 39.1. The molecule has 0 aromatic heterocycles. The zero-order valence-electron chi connectivity index (χ0n) is 52.7. The molecule has 0 bridgehead atoms. The Balaban J connectivity index is 2.52. The van der Waals surface area contributed by atoms with Gasteiger partial charge in [0.15, 0.2) is 25.1 Å².